The van der Waals surface area contributed by atoms with Crippen molar-refractivity contribution in [1.29, 1.82) is 0 Å². The molecule has 2 rings (SSSR count). The first-order chi connectivity index (χ1) is 8.78. The minimum absolute atomic E-state index is 0.135. The third-order valence-electron chi connectivity index (χ3n) is 2.85. The highest BCUT2D eigenvalue weighted by atomic mass is 16.5. The number of methoxy groups -OCH3 is 1. The number of rotatable bonds is 4. The van der Waals surface area contributed by atoms with E-state index < -0.39 is 0 Å². The number of benzene rings is 1. The summed E-state index contributed by atoms with van der Waals surface area (Å²) >= 11 is 0. The second kappa shape index (κ2) is 6.26. The summed E-state index contributed by atoms with van der Waals surface area (Å²) in [4.78, 5) is 11.6. The number of carbonyl (C=O) groups excluding carboxylic acids is 1. The summed E-state index contributed by atoms with van der Waals surface area (Å²) in [7, 11) is 1.62. The average Bonchev–Trinajstić information content (AvgIpc) is 2.89. The van der Waals surface area contributed by atoms with E-state index in [2.05, 4.69) is 10.6 Å². The van der Waals surface area contributed by atoms with Gasteiger partial charge in [-0.25, -0.2) is 4.79 Å². The molecule has 98 valence electrons. The Morgan fingerprint density at radius 3 is 3.17 bits per heavy atom. The van der Waals surface area contributed by atoms with E-state index in [1.165, 1.54) is 0 Å². The summed E-state index contributed by atoms with van der Waals surface area (Å²) in [5.41, 5.74) is 1.01. The topological polar surface area (TPSA) is 59.6 Å². The quantitative estimate of drug-likeness (QED) is 0.846. The number of hydrogen-bond acceptors (Lipinski definition) is 3. The molecule has 0 aliphatic carbocycles. The van der Waals surface area contributed by atoms with Crippen LogP contribution in [0.4, 0.5) is 4.79 Å². The summed E-state index contributed by atoms with van der Waals surface area (Å²) in [6.45, 7) is 1.81. The molecule has 1 unspecified atom stereocenters. The maximum absolute atomic E-state index is 11.6. The fourth-order valence-electron chi connectivity index (χ4n) is 1.85. The zero-order valence-corrected chi connectivity index (χ0v) is 10.4. The molecule has 0 saturated carbocycles. The Morgan fingerprint density at radius 2 is 2.44 bits per heavy atom. The van der Waals surface area contributed by atoms with Crippen molar-refractivity contribution in [2.24, 2.45) is 0 Å². The molecule has 1 fully saturated rings. The second-order valence-corrected chi connectivity index (χ2v) is 4.24. The molecule has 1 saturated heterocycles. The highest BCUT2D eigenvalue weighted by Gasteiger charge is 2.17. The van der Waals surface area contributed by atoms with Crippen LogP contribution in [0.1, 0.15) is 12.0 Å². The molecule has 0 bridgehead atoms. The van der Waals surface area contributed by atoms with Crippen molar-refractivity contribution in [2.75, 3.05) is 20.3 Å². The maximum Gasteiger partial charge on any atom is 0.315 e. The lowest BCUT2D eigenvalue weighted by atomic mass is 10.2. The molecule has 1 aromatic rings. The SMILES string of the molecule is COc1cccc(CNC(=O)NC2CCOC2)c1. The summed E-state index contributed by atoms with van der Waals surface area (Å²) in [5.74, 6) is 0.791. The molecule has 2 amide bonds. The van der Waals surface area contributed by atoms with Crippen LogP contribution in [0.15, 0.2) is 24.3 Å². The molecule has 18 heavy (non-hydrogen) atoms. The molecule has 5 heteroatoms. The fraction of sp³-hybridized carbons (Fsp3) is 0.462. The van der Waals surface area contributed by atoms with Crippen molar-refractivity contribution in [3.63, 3.8) is 0 Å². The number of carbonyl (C=O) groups is 1. The Labute approximate surface area is 106 Å². The van der Waals surface area contributed by atoms with Gasteiger partial charge in [0.2, 0.25) is 0 Å². The van der Waals surface area contributed by atoms with Gasteiger partial charge < -0.3 is 20.1 Å². The second-order valence-electron chi connectivity index (χ2n) is 4.24. The van der Waals surface area contributed by atoms with Crippen molar-refractivity contribution >= 4 is 6.03 Å². The van der Waals surface area contributed by atoms with Gasteiger partial charge in [0.1, 0.15) is 5.75 Å². The van der Waals surface area contributed by atoms with E-state index in [1.807, 2.05) is 24.3 Å². The number of hydrogen-bond donors (Lipinski definition) is 2. The first kappa shape index (κ1) is 12.7. The Bertz CT molecular complexity index is 403. The first-order valence-corrected chi connectivity index (χ1v) is 6.03. The van der Waals surface area contributed by atoms with Crippen LogP contribution in [0.5, 0.6) is 5.75 Å². The number of ether oxygens (including phenoxy) is 2. The van der Waals surface area contributed by atoms with E-state index in [9.17, 15) is 4.79 Å². The lowest BCUT2D eigenvalue weighted by molar-refractivity contribution is 0.188. The molecule has 1 atom stereocenters. The van der Waals surface area contributed by atoms with Crippen molar-refractivity contribution in [1.82, 2.24) is 10.6 Å². The van der Waals surface area contributed by atoms with Gasteiger partial charge in [0.15, 0.2) is 0 Å². The Hall–Kier alpha value is -1.75. The van der Waals surface area contributed by atoms with Gasteiger partial charge in [-0.15, -0.1) is 0 Å². The Morgan fingerprint density at radius 1 is 1.56 bits per heavy atom. The molecule has 1 aliphatic heterocycles. The standard InChI is InChI=1S/C13H18N2O3/c1-17-12-4-2-3-10(7-12)8-14-13(16)15-11-5-6-18-9-11/h2-4,7,11H,5-6,8-9H2,1H3,(H2,14,15,16). The van der Waals surface area contributed by atoms with Crippen LogP contribution in [0.25, 0.3) is 0 Å². The van der Waals surface area contributed by atoms with Gasteiger partial charge in [0.25, 0.3) is 0 Å². The molecule has 1 aliphatic rings. The number of urea groups is 1. The zero-order valence-electron chi connectivity index (χ0n) is 10.4. The summed E-state index contributed by atoms with van der Waals surface area (Å²) in [5, 5.41) is 5.69. The van der Waals surface area contributed by atoms with E-state index in [4.69, 9.17) is 9.47 Å². The maximum atomic E-state index is 11.6. The number of nitrogens with one attached hydrogen (secondary N) is 2. The highest BCUT2D eigenvalue weighted by Crippen LogP contribution is 2.12. The molecule has 5 nitrogen and oxygen atoms in total. The van der Waals surface area contributed by atoms with Crippen molar-refractivity contribution in [3.8, 4) is 5.75 Å². The summed E-state index contributed by atoms with van der Waals surface area (Å²) in [6.07, 6.45) is 0.882. The lowest BCUT2D eigenvalue weighted by Gasteiger charge is -2.12. The van der Waals surface area contributed by atoms with Crippen LogP contribution in [-0.2, 0) is 11.3 Å². The van der Waals surface area contributed by atoms with E-state index in [0.29, 0.717) is 13.2 Å². The smallest absolute Gasteiger partial charge is 0.315 e. The van der Waals surface area contributed by atoms with Crippen LogP contribution in [0, 0.1) is 0 Å². The van der Waals surface area contributed by atoms with Gasteiger partial charge in [-0.2, -0.15) is 0 Å². The van der Waals surface area contributed by atoms with Gasteiger partial charge >= 0.3 is 6.03 Å². The molecule has 1 heterocycles. The van der Waals surface area contributed by atoms with Crippen LogP contribution in [0.2, 0.25) is 0 Å². The predicted molar refractivity (Wildman–Crippen MR) is 67.6 cm³/mol. The Kier molecular flexibility index (Phi) is 4.41. The minimum atomic E-state index is -0.159. The van der Waals surface area contributed by atoms with Crippen LogP contribution >= 0.6 is 0 Å². The van der Waals surface area contributed by atoms with Gasteiger partial charge in [-0.1, -0.05) is 12.1 Å². The minimum Gasteiger partial charge on any atom is -0.497 e. The van der Waals surface area contributed by atoms with Crippen molar-refractivity contribution in [2.45, 2.75) is 19.0 Å². The third-order valence-corrected chi connectivity index (χ3v) is 2.85. The van der Waals surface area contributed by atoms with Crippen molar-refractivity contribution < 1.29 is 14.3 Å². The van der Waals surface area contributed by atoms with Gasteiger partial charge in [0, 0.05) is 13.2 Å². The number of amides is 2. The lowest BCUT2D eigenvalue weighted by Crippen LogP contribution is -2.42. The molecule has 0 aromatic heterocycles. The molecule has 0 radical (unpaired) electrons. The average molecular weight is 250 g/mol. The molecular weight excluding hydrogens is 232 g/mol. The van der Waals surface area contributed by atoms with Crippen LogP contribution in [0.3, 0.4) is 0 Å². The predicted octanol–water partition coefficient (Wildman–Crippen LogP) is 1.28. The molecule has 1 aromatic carbocycles. The normalized spacial score (nSPS) is 18.4. The molecular formula is C13H18N2O3. The van der Waals surface area contributed by atoms with E-state index in [-0.39, 0.29) is 12.1 Å². The van der Waals surface area contributed by atoms with Crippen LogP contribution < -0.4 is 15.4 Å². The third kappa shape index (κ3) is 3.63. The first-order valence-electron chi connectivity index (χ1n) is 6.03. The summed E-state index contributed by atoms with van der Waals surface area (Å²) < 4.78 is 10.3. The Balaban J connectivity index is 1.77. The van der Waals surface area contributed by atoms with E-state index in [1.54, 1.807) is 7.11 Å². The van der Waals surface area contributed by atoms with Crippen LogP contribution in [-0.4, -0.2) is 32.4 Å². The highest BCUT2D eigenvalue weighted by molar-refractivity contribution is 5.74. The fourth-order valence-corrected chi connectivity index (χ4v) is 1.85. The molecule has 0 spiro atoms. The van der Waals surface area contributed by atoms with Crippen molar-refractivity contribution in [3.05, 3.63) is 29.8 Å². The van der Waals surface area contributed by atoms with Gasteiger partial charge in [-0.05, 0) is 24.1 Å². The summed E-state index contributed by atoms with van der Waals surface area (Å²) in [6, 6.07) is 7.60. The van der Waals surface area contributed by atoms with E-state index >= 15 is 0 Å². The van der Waals surface area contributed by atoms with Gasteiger partial charge in [0.05, 0.1) is 19.8 Å². The van der Waals surface area contributed by atoms with E-state index in [0.717, 1.165) is 24.3 Å². The molecule has 2 N–H and O–H groups in total. The largest absolute Gasteiger partial charge is 0.497 e. The monoisotopic (exact) mass is 250 g/mol. The van der Waals surface area contributed by atoms with Gasteiger partial charge in [-0.3, -0.25) is 0 Å². The zero-order chi connectivity index (χ0) is 12.8.